The Morgan fingerprint density at radius 3 is 2.71 bits per heavy atom. The number of imidazole rings is 1. The fraction of sp³-hybridized carbons (Fsp3) is 0.348. The molecule has 0 bridgehead atoms. The number of nitrogens with zero attached hydrogens (tertiary/aromatic N) is 4. The highest BCUT2D eigenvalue weighted by Crippen LogP contribution is 2.36. The van der Waals surface area contributed by atoms with Gasteiger partial charge in [0.05, 0.1) is 19.5 Å². The summed E-state index contributed by atoms with van der Waals surface area (Å²) in [6.07, 6.45) is 1.69. The number of benzene rings is 1. The van der Waals surface area contributed by atoms with Crippen molar-refractivity contribution in [1.29, 1.82) is 0 Å². The topological polar surface area (TPSA) is 127 Å². The lowest BCUT2D eigenvalue weighted by molar-refractivity contribution is -0.157. The molecule has 4 rings (SSSR count). The van der Waals surface area contributed by atoms with Gasteiger partial charge in [0.15, 0.2) is 29.3 Å². The molecule has 0 radical (unpaired) electrons. The van der Waals surface area contributed by atoms with Crippen molar-refractivity contribution in [2.45, 2.75) is 31.5 Å². The molecule has 1 aliphatic rings. The standard InChI is InChI=1S/C23H25N5O6/c1-4-10-32-18-16(11-31-3)34-23(19(18)33-14(2)29)28-13-26-17-20(24-12-25-21(17)28)27-22(30)15-8-6-5-7-9-15/h4-9,12-13,16,18-19,23H,1,10-11H2,2-3H3,(H,24,25,27,30)/t16-,18+,19-,23-/m1/s1. The Morgan fingerprint density at radius 2 is 2.00 bits per heavy atom. The third kappa shape index (κ3) is 4.81. The van der Waals surface area contributed by atoms with Crippen molar-refractivity contribution in [3.8, 4) is 0 Å². The summed E-state index contributed by atoms with van der Waals surface area (Å²) in [5.41, 5.74) is 1.23. The van der Waals surface area contributed by atoms with Crippen LogP contribution in [0.1, 0.15) is 23.5 Å². The van der Waals surface area contributed by atoms with Gasteiger partial charge in [-0.2, -0.15) is 0 Å². The number of carbonyl (C=O) groups excluding carboxylic acids is 2. The molecule has 0 spiro atoms. The van der Waals surface area contributed by atoms with Gasteiger partial charge in [-0.1, -0.05) is 24.3 Å². The second-order valence-electron chi connectivity index (χ2n) is 7.55. The molecule has 1 N–H and O–H groups in total. The molecule has 34 heavy (non-hydrogen) atoms. The zero-order valence-corrected chi connectivity index (χ0v) is 18.8. The molecule has 1 fully saturated rings. The first-order valence-corrected chi connectivity index (χ1v) is 10.6. The molecule has 1 saturated heterocycles. The second kappa shape index (κ2) is 10.5. The molecule has 11 heteroatoms. The van der Waals surface area contributed by atoms with Crippen LogP contribution in [0.4, 0.5) is 5.82 Å². The summed E-state index contributed by atoms with van der Waals surface area (Å²) in [6.45, 7) is 5.44. The molecule has 11 nitrogen and oxygen atoms in total. The molecule has 0 aliphatic carbocycles. The van der Waals surface area contributed by atoms with Crippen LogP contribution in [0.25, 0.3) is 11.2 Å². The normalized spacial score (nSPS) is 21.9. The van der Waals surface area contributed by atoms with Crippen molar-refractivity contribution >= 4 is 28.9 Å². The number of amides is 1. The highest BCUT2D eigenvalue weighted by molar-refractivity contribution is 6.06. The Hall–Kier alpha value is -3.67. The van der Waals surface area contributed by atoms with E-state index in [0.29, 0.717) is 16.7 Å². The first kappa shape index (κ1) is 23.5. The van der Waals surface area contributed by atoms with Crippen LogP contribution >= 0.6 is 0 Å². The van der Waals surface area contributed by atoms with Crippen LogP contribution in [-0.2, 0) is 23.7 Å². The van der Waals surface area contributed by atoms with Crippen LogP contribution in [0.2, 0.25) is 0 Å². The van der Waals surface area contributed by atoms with E-state index in [1.165, 1.54) is 19.6 Å². The number of hydrogen-bond donors (Lipinski definition) is 1. The van der Waals surface area contributed by atoms with Gasteiger partial charge in [0, 0.05) is 19.6 Å². The summed E-state index contributed by atoms with van der Waals surface area (Å²) in [4.78, 5) is 37.4. The van der Waals surface area contributed by atoms with Crippen molar-refractivity contribution in [2.75, 3.05) is 25.6 Å². The maximum atomic E-state index is 12.6. The number of aromatic nitrogens is 4. The van der Waals surface area contributed by atoms with Crippen molar-refractivity contribution in [3.63, 3.8) is 0 Å². The summed E-state index contributed by atoms with van der Waals surface area (Å²) < 4.78 is 24.6. The van der Waals surface area contributed by atoms with E-state index < -0.39 is 30.5 Å². The molecule has 1 aliphatic heterocycles. The SMILES string of the molecule is C=CCO[C@@H]1[C@@H](OC(C)=O)[C@H](n2cnc3c(NC(=O)c4ccccc4)ncnc32)O[C@@H]1COC. The largest absolute Gasteiger partial charge is 0.455 e. The van der Waals surface area contributed by atoms with Crippen molar-refractivity contribution in [2.24, 2.45) is 0 Å². The number of hydrogen-bond acceptors (Lipinski definition) is 9. The lowest BCUT2D eigenvalue weighted by atomic mass is 10.1. The van der Waals surface area contributed by atoms with Crippen LogP contribution in [0, 0.1) is 0 Å². The highest BCUT2D eigenvalue weighted by Gasteiger charge is 2.49. The van der Waals surface area contributed by atoms with Gasteiger partial charge in [-0.05, 0) is 12.1 Å². The van der Waals surface area contributed by atoms with E-state index in [0.717, 1.165) is 0 Å². The van der Waals surface area contributed by atoms with Crippen molar-refractivity contribution in [1.82, 2.24) is 19.5 Å². The third-order valence-corrected chi connectivity index (χ3v) is 5.23. The maximum Gasteiger partial charge on any atom is 0.303 e. The average molecular weight is 467 g/mol. The van der Waals surface area contributed by atoms with E-state index in [-0.39, 0.29) is 24.9 Å². The summed E-state index contributed by atoms with van der Waals surface area (Å²) in [5.74, 6) is -0.575. The van der Waals surface area contributed by atoms with Crippen LogP contribution in [-0.4, -0.2) is 70.0 Å². The van der Waals surface area contributed by atoms with Gasteiger partial charge in [-0.15, -0.1) is 6.58 Å². The first-order valence-electron chi connectivity index (χ1n) is 10.6. The van der Waals surface area contributed by atoms with Gasteiger partial charge in [0.2, 0.25) is 0 Å². The Bertz CT molecular complexity index is 1170. The lowest BCUT2D eigenvalue weighted by Crippen LogP contribution is -2.39. The van der Waals surface area contributed by atoms with Gasteiger partial charge < -0.3 is 24.3 Å². The molecule has 3 aromatic rings. The zero-order valence-electron chi connectivity index (χ0n) is 18.8. The highest BCUT2D eigenvalue weighted by atomic mass is 16.6. The second-order valence-corrected chi connectivity index (χ2v) is 7.55. The van der Waals surface area contributed by atoms with E-state index in [9.17, 15) is 9.59 Å². The Labute approximate surface area is 195 Å². The van der Waals surface area contributed by atoms with Crippen molar-refractivity contribution < 1.29 is 28.5 Å². The monoisotopic (exact) mass is 467 g/mol. The van der Waals surface area contributed by atoms with Gasteiger partial charge >= 0.3 is 5.97 Å². The fourth-order valence-corrected chi connectivity index (χ4v) is 3.83. The van der Waals surface area contributed by atoms with Crippen LogP contribution in [0.5, 0.6) is 0 Å². The Kier molecular flexibility index (Phi) is 7.26. The zero-order chi connectivity index (χ0) is 24.1. The van der Waals surface area contributed by atoms with E-state index in [2.05, 4.69) is 26.8 Å². The molecular formula is C23H25N5O6. The summed E-state index contributed by atoms with van der Waals surface area (Å²) >= 11 is 0. The van der Waals surface area contributed by atoms with Crippen molar-refractivity contribution in [3.05, 3.63) is 61.2 Å². The Morgan fingerprint density at radius 1 is 1.21 bits per heavy atom. The molecular weight excluding hydrogens is 442 g/mol. The quantitative estimate of drug-likeness (QED) is 0.372. The third-order valence-electron chi connectivity index (χ3n) is 5.23. The smallest absolute Gasteiger partial charge is 0.303 e. The number of fused-ring (bicyclic) bond motifs is 1. The molecule has 2 aromatic heterocycles. The van der Waals surface area contributed by atoms with Gasteiger partial charge in [0.1, 0.15) is 18.5 Å². The summed E-state index contributed by atoms with van der Waals surface area (Å²) in [7, 11) is 1.55. The number of anilines is 1. The molecule has 4 atom stereocenters. The molecule has 3 heterocycles. The van der Waals surface area contributed by atoms with Crippen LogP contribution < -0.4 is 5.32 Å². The Balaban J connectivity index is 1.67. The fourth-order valence-electron chi connectivity index (χ4n) is 3.83. The molecule has 1 amide bonds. The lowest BCUT2D eigenvalue weighted by Gasteiger charge is -2.24. The van der Waals surface area contributed by atoms with E-state index in [1.54, 1.807) is 42.0 Å². The minimum absolute atomic E-state index is 0.218. The van der Waals surface area contributed by atoms with Gasteiger partial charge in [0.25, 0.3) is 5.91 Å². The minimum atomic E-state index is -0.799. The first-order chi connectivity index (χ1) is 16.5. The van der Waals surface area contributed by atoms with Crippen LogP contribution in [0.15, 0.2) is 55.6 Å². The maximum absolute atomic E-state index is 12.6. The molecule has 0 unspecified atom stereocenters. The van der Waals surface area contributed by atoms with E-state index in [4.69, 9.17) is 18.9 Å². The number of nitrogens with one attached hydrogen (secondary N) is 1. The van der Waals surface area contributed by atoms with Gasteiger partial charge in [-0.25, -0.2) is 15.0 Å². The molecule has 178 valence electrons. The van der Waals surface area contributed by atoms with E-state index >= 15 is 0 Å². The number of methoxy groups -OCH3 is 1. The number of esters is 1. The van der Waals surface area contributed by atoms with Crippen LogP contribution in [0.3, 0.4) is 0 Å². The van der Waals surface area contributed by atoms with E-state index in [1.807, 2.05) is 6.07 Å². The van der Waals surface area contributed by atoms with Gasteiger partial charge in [-0.3, -0.25) is 14.2 Å². The summed E-state index contributed by atoms with van der Waals surface area (Å²) in [6, 6.07) is 8.76. The summed E-state index contributed by atoms with van der Waals surface area (Å²) in [5, 5.41) is 2.77. The molecule has 0 saturated carbocycles. The number of ether oxygens (including phenoxy) is 4. The average Bonchev–Trinajstić information content (AvgIpc) is 3.40. The number of carbonyl (C=O) groups is 2. The molecule has 1 aromatic carbocycles. The predicted molar refractivity (Wildman–Crippen MR) is 121 cm³/mol. The number of rotatable bonds is 9. The predicted octanol–water partition coefficient (Wildman–Crippen LogP) is 2.13. The minimum Gasteiger partial charge on any atom is -0.455 e.